The monoisotopic (exact) mass is 479 g/mol. The van der Waals surface area contributed by atoms with Crippen LogP contribution in [-0.2, 0) is 16.1 Å². The van der Waals surface area contributed by atoms with Gasteiger partial charge in [-0.1, -0.05) is 37.3 Å². The summed E-state index contributed by atoms with van der Waals surface area (Å²) >= 11 is 0. The number of nitrogens with one attached hydrogen (secondary N) is 2. The minimum atomic E-state index is -0.468. The number of methoxy groups -OCH3 is 1. The number of guanidine groups is 1. The molecule has 6 N–H and O–H groups in total. The van der Waals surface area contributed by atoms with Crippen LogP contribution in [-0.4, -0.2) is 49.0 Å². The zero-order valence-corrected chi connectivity index (χ0v) is 20.6. The normalized spacial score (nSPS) is 17.3. The third-order valence-electron chi connectivity index (χ3n) is 6.84. The zero-order chi connectivity index (χ0) is 25.4. The predicted octanol–water partition coefficient (Wildman–Crippen LogP) is 3.11. The summed E-state index contributed by atoms with van der Waals surface area (Å²) in [5, 5.41) is 10.8. The quantitative estimate of drug-likeness (QED) is 0.248. The van der Waals surface area contributed by atoms with Gasteiger partial charge in [0.05, 0.1) is 13.0 Å². The van der Waals surface area contributed by atoms with E-state index in [0.717, 1.165) is 36.1 Å². The Balaban J connectivity index is 1.70. The summed E-state index contributed by atoms with van der Waals surface area (Å²) in [6.45, 7) is 3.83. The van der Waals surface area contributed by atoms with Gasteiger partial charge in [0.1, 0.15) is 0 Å². The van der Waals surface area contributed by atoms with Crippen LogP contribution < -0.4 is 16.8 Å². The molecule has 2 unspecified atom stereocenters. The standard InChI is InChI=1S/C27H37N5O3/c1-3-24(23(26(34)35-2)15-19-7-5-13-32(17-19)27(29)30)31-25(33)21-11-9-20(10-12-21)22-8-4-6-18(14-22)16-28/h4,6,8-12,14,19,23-24H,3,5,7,13,15-17,28H2,1-2H3,(H3,29,30)(H,31,33)/t19?,23-,24?/m1/s1. The second-order valence-electron chi connectivity index (χ2n) is 9.17. The van der Waals surface area contributed by atoms with E-state index in [1.54, 1.807) is 12.1 Å². The molecule has 35 heavy (non-hydrogen) atoms. The van der Waals surface area contributed by atoms with Gasteiger partial charge in [-0.05, 0) is 66.5 Å². The fraction of sp³-hybridized carbons (Fsp3) is 0.444. The molecule has 0 saturated carbocycles. The van der Waals surface area contributed by atoms with Crippen molar-refractivity contribution in [3.05, 3.63) is 59.7 Å². The number of hydrogen-bond acceptors (Lipinski definition) is 5. The summed E-state index contributed by atoms with van der Waals surface area (Å²) in [5.41, 5.74) is 15.1. The van der Waals surface area contributed by atoms with Crippen LogP contribution in [0.3, 0.4) is 0 Å². The second-order valence-corrected chi connectivity index (χ2v) is 9.17. The first-order chi connectivity index (χ1) is 16.9. The number of ether oxygens (including phenoxy) is 1. The van der Waals surface area contributed by atoms with Crippen molar-refractivity contribution >= 4 is 17.8 Å². The summed E-state index contributed by atoms with van der Waals surface area (Å²) in [7, 11) is 1.38. The van der Waals surface area contributed by atoms with Crippen molar-refractivity contribution in [2.45, 2.75) is 45.2 Å². The van der Waals surface area contributed by atoms with E-state index < -0.39 is 5.92 Å². The molecule has 1 amide bonds. The maximum Gasteiger partial charge on any atom is 0.310 e. The average Bonchev–Trinajstić information content (AvgIpc) is 2.90. The minimum absolute atomic E-state index is 0.0582. The highest BCUT2D eigenvalue weighted by Crippen LogP contribution is 2.27. The van der Waals surface area contributed by atoms with Crippen LogP contribution in [0.4, 0.5) is 0 Å². The topological polar surface area (TPSA) is 135 Å². The Kier molecular flexibility index (Phi) is 9.25. The summed E-state index contributed by atoms with van der Waals surface area (Å²) in [6, 6.07) is 15.1. The molecular formula is C27H37N5O3. The van der Waals surface area contributed by atoms with Crippen LogP contribution in [0.2, 0.25) is 0 Å². The Morgan fingerprint density at radius 2 is 1.94 bits per heavy atom. The lowest BCUT2D eigenvalue weighted by Crippen LogP contribution is -2.47. The van der Waals surface area contributed by atoms with Crippen molar-refractivity contribution < 1.29 is 14.3 Å². The Morgan fingerprint density at radius 3 is 2.57 bits per heavy atom. The van der Waals surface area contributed by atoms with Crippen molar-refractivity contribution in [2.24, 2.45) is 23.3 Å². The number of carbonyl (C=O) groups is 2. The maximum absolute atomic E-state index is 13.1. The number of nitrogens with zero attached hydrogens (tertiary/aromatic N) is 1. The van der Waals surface area contributed by atoms with Gasteiger partial charge < -0.3 is 26.4 Å². The smallest absolute Gasteiger partial charge is 0.310 e. The molecule has 0 radical (unpaired) electrons. The second kappa shape index (κ2) is 12.4. The number of benzene rings is 2. The fourth-order valence-electron chi connectivity index (χ4n) is 4.84. The number of nitrogens with two attached hydrogens (primary N) is 2. The van der Waals surface area contributed by atoms with Crippen LogP contribution in [0, 0.1) is 17.2 Å². The van der Waals surface area contributed by atoms with Gasteiger partial charge in [0.25, 0.3) is 5.91 Å². The van der Waals surface area contributed by atoms with Crippen molar-refractivity contribution in [1.82, 2.24) is 10.2 Å². The van der Waals surface area contributed by atoms with Crippen LogP contribution in [0.5, 0.6) is 0 Å². The van der Waals surface area contributed by atoms with Gasteiger partial charge in [0.2, 0.25) is 0 Å². The lowest BCUT2D eigenvalue weighted by Gasteiger charge is -2.35. The third-order valence-corrected chi connectivity index (χ3v) is 6.84. The summed E-state index contributed by atoms with van der Waals surface area (Å²) in [6.07, 6.45) is 3.04. The molecule has 188 valence electrons. The van der Waals surface area contributed by atoms with E-state index in [1.165, 1.54) is 7.11 Å². The minimum Gasteiger partial charge on any atom is -0.469 e. The molecule has 1 fully saturated rings. The van der Waals surface area contributed by atoms with E-state index >= 15 is 0 Å². The van der Waals surface area contributed by atoms with E-state index in [-0.39, 0.29) is 29.8 Å². The molecule has 8 nitrogen and oxygen atoms in total. The lowest BCUT2D eigenvalue weighted by molar-refractivity contribution is -0.147. The Morgan fingerprint density at radius 1 is 1.20 bits per heavy atom. The Bertz CT molecular complexity index is 1020. The van der Waals surface area contributed by atoms with Gasteiger partial charge in [0, 0.05) is 31.2 Å². The zero-order valence-electron chi connectivity index (χ0n) is 20.6. The van der Waals surface area contributed by atoms with Gasteiger partial charge in [-0.2, -0.15) is 0 Å². The van der Waals surface area contributed by atoms with E-state index in [2.05, 4.69) is 5.32 Å². The molecule has 2 aromatic rings. The van der Waals surface area contributed by atoms with Crippen LogP contribution in [0.1, 0.15) is 48.5 Å². The Labute approximate surface area is 207 Å². The van der Waals surface area contributed by atoms with Gasteiger partial charge in [0.15, 0.2) is 5.96 Å². The fourth-order valence-corrected chi connectivity index (χ4v) is 4.84. The molecule has 2 aromatic carbocycles. The third kappa shape index (κ3) is 6.82. The first-order valence-electron chi connectivity index (χ1n) is 12.2. The summed E-state index contributed by atoms with van der Waals surface area (Å²) in [5.74, 6) is -0.757. The molecule has 1 saturated heterocycles. The van der Waals surface area contributed by atoms with E-state index in [4.69, 9.17) is 21.6 Å². The van der Waals surface area contributed by atoms with Gasteiger partial charge in [-0.15, -0.1) is 0 Å². The highest BCUT2D eigenvalue weighted by Gasteiger charge is 2.33. The summed E-state index contributed by atoms with van der Waals surface area (Å²) < 4.78 is 5.10. The van der Waals surface area contributed by atoms with Crippen molar-refractivity contribution in [2.75, 3.05) is 20.2 Å². The molecule has 8 heteroatoms. The molecule has 0 aromatic heterocycles. The molecule has 1 aliphatic heterocycles. The lowest BCUT2D eigenvalue weighted by atomic mass is 9.83. The highest BCUT2D eigenvalue weighted by molar-refractivity contribution is 5.95. The predicted molar refractivity (Wildman–Crippen MR) is 138 cm³/mol. The first-order valence-corrected chi connectivity index (χ1v) is 12.2. The van der Waals surface area contributed by atoms with Crippen LogP contribution >= 0.6 is 0 Å². The van der Waals surface area contributed by atoms with Gasteiger partial charge >= 0.3 is 5.97 Å². The molecule has 1 aliphatic rings. The molecule has 3 atom stereocenters. The van der Waals surface area contributed by atoms with Crippen LogP contribution in [0.15, 0.2) is 48.5 Å². The number of piperidine rings is 1. The molecule has 0 aliphatic carbocycles. The van der Waals surface area contributed by atoms with Crippen molar-refractivity contribution in [3.63, 3.8) is 0 Å². The van der Waals surface area contributed by atoms with Gasteiger partial charge in [-0.25, -0.2) is 0 Å². The van der Waals surface area contributed by atoms with E-state index in [9.17, 15) is 9.59 Å². The first kappa shape index (κ1) is 26.2. The molecule has 0 spiro atoms. The molecular weight excluding hydrogens is 442 g/mol. The SMILES string of the molecule is CCC(NC(=O)c1ccc(-c2cccc(CN)c2)cc1)[C@@H](CC1CCCN(C(=N)N)C1)C(=O)OC. The van der Waals surface area contributed by atoms with Crippen molar-refractivity contribution in [1.29, 1.82) is 5.41 Å². The Hall–Kier alpha value is -3.39. The number of amides is 1. The van der Waals surface area contributed by atoms with Crippen LogP contribution in [0.25, 0.3) is 11.1 Å². The van der Waals surface area contributed by atoms with E-state index in [0.29, 0.717) is 31.5 Å². The molecule has 0 bridgehead atoms. The largest absolute Gasteiger partial charge is 0.469 e. The highest BCUT2D eigenvalue weighted by atomic mass is 16.5. The number of carbonyl (C=O) groups excluding carboxylic acids is 2. The average molecular weight is 480 g/mol. The van der Waals surface area contributed by atoms with Crippen molar-refractivity contribution in [3.8, 4) is 11.1 Å². The maximum atomic E-state index is 13.1. The van der Waals surface area contributed by atoms with Gasteiger partial charge in [-0.3, -0.25) is 15.0 Å². The number of hydrogen-bond donors (Lipinski definition) is 4. The number of likely N-dealkylation sites (tertiary alicyclic amines) is 1. The number of rotatable bonds is 9. The molecule has 1 heterocycles. The van der Waals surface area contributed by atoms with E-state index in [1.807, 2.05) is 48.2 Å². The summed E-state index contributed by atoms with van der Waals surface area (Å²) in [4.78, 5) is 27.6. The number of esters is 1. The molecule has 3 rings (SSSR count).